The van der Waals surface area contributed by atoms with Gasteiger partial charge in [0.05, 0.1) is 11.3 Å². The van der Waals surface area contributed by atoms with Crippen molar-refractivity contribution in [1.82, 2.24) is 4.90 Å². The first-order valence-corrected chi connectivity index (χ1v) is 9.68. The normalized spacial score (nSPS) is 17.3. The van der Waals surface area contributed by atoms with Gasteiger partial charge in [-0.3, -0.25) is 9.69 Å². The molecule has 1 aliphatic heterocycles. The molecule has 1 aliphatic rings. The summed E-state index contributed by atoms with van der Waals surface area (Å²) in [6.45, 7) is 6.60. The summed E-state index contributed by atoms with van der Waals surface area (Å²) >= 11 is 0. The molecule has 1 heterocycles. The lowest BCUT2D eigenvalue weighted by Gasteiger charge is -2.33. The monoisotopic (exact) mass is 361 g/mol. The molecule has 27 heavy (non-hydrogen) atoms. The Balaban J connectivity index is 1.76. The topological polar surface area (TPSA) is 56.1 Å². The van der Waals surface area contributed by atoms with Crippen molar-refractivity contribution in [2.24, 2.45) is 0 Å². The van der Waals surface area contributed by atoms with Gasteiger partial charge in [-0.2, -0.15) is 5.26 Å². The van der Waals surface area contributed by atoms with Gasteiger partial charge < -0.3 is 5.32 Å². The van der Waals surface area contributed by atoms with Crippen LogP contribution < -0.4 is 5.32 Å². The molecule has 0 spiro atoms. The van der Waals surface area contributed by atoms with Crippen molar-refractivity contribution < 1.29 is 4.79 Å². The number of piperidine rings is 1. The Morgan fingerprint density at radius 2 is 2.00 bits per heavy atom. The number of anilines is 1. The lowest BCUT2D eigenvalue weighted by Crippen LogP contribution is -2.37. The summed E-state index contributed by atoms with van der Waals surface area (Å²) in [6, 6.07) is 16.5. The number of rotatable bonds is 6. The Morgan fingerprint density at radius 1 is 1.22 bits per heavy atom. The fraction of sp³-hybridized carbons (Fsp3) is 0.391. The number of Topliss-reactive ketones (excluding diaryl/α,β-unsaturated/α-hetero) is 1. The maximum absolute atomic E-state index is 11.7. The van der Waals surface area contributed by atoms with Crippen LogP contribution in [0.2, 0.25) is 0 Å². The Bertz CT molecular complexity index is 853. The van der Waals surface area contributed by atoms with Crippen molar-refractivity contribution in [2.45, 2.75) is 52.2 Å². The molecule has 0 bridgehead atoms. The molecule has 1 atom stereocenters. The molecule has 0 aliphatic carbocycles. The first-order chi connectivity index (χ1) is 13.1. The van der Waals surface area contributed by atoms with Gasteiger partial charge in [0.1, 0.15) is 6.07 Å². The Morgan fingerprint density at radius 3 is 2.70 bits per heavy atom. The van der Waals surface area contributed by atoms with Gasteiger partial charge in [-0.15, -0.1) is 0 Å². The van der Waals surface area contributed by atoms with Crippen LogP contribution in [0.1, 0.15) is 60.2 Å². The summed E-state index contributed by atoms with van der Waals surface area (Å²) < 4.78 is 0. The van der Waals surface area contributed by atoms with Crippen LogP contribution >= 0.6 is 0 Å². The second-order valence-electron chi connectivity index (χ2n) is 7.37. The summed E-state index contributed by atoms with van der Waals surface area (Å²) in [5, 5.41) is 12.7. The summed E-state index contributed by atoms with van der Waals surface area (Å²) in [7, 11) is 0. The zero-order valence-electron chi connectivity index (χ0n) is 16.2. The van der Waals surface area contributed by atoms with Crippen LogP contribution in [0.3, 0.4) is 0 Å². The number of ketones is 1. The highest BCUT2D eigenvalue weighted by atomic mass is 16.1. The molecule has 4 nitrogen and oxygen atoms in total. The lowest BCUT2D eigenvalue weighted by molar-refractivity contribution is 0.101. The first kappa shape index (κ1) is 19.1. The molecule has 1 unspecified atom stereocenters. The average Bonchev–Trinajstić information content (AvgIpc) is 2.68. The minimum atomic E-state index is 0.00188. The van der Waals surface area contributed by atoms with Crippen LogP contribution in [-0.2, 0) is 13.1 Å². The maximum atomic E-state index is 11.7. The smallest absolute Gasteiger partial charge is 0.159 e. The molecule has 140 valence electrons. The minimum absolute atomic E-state index is 0.00188. The van der Waals surface area contributed by atoms with Crippen LogP contribution in [-0.4, -0.2) is 23.3 Å². The number of hydrogen-bond donors (Lipinski definition) is 1. The molecule has 0 aromatic heterocycles. The zero-order chi connectivity index (χ0) is 19.2. The van der Waals surface area contributed by atoms with E-state index in [2.05, 4.69) is 47.5 Å². The molecule has 3 rings (SSSR count). The lowest BCUT2D eigenvalue weighted by atomic mass is 10.0. The van der Waals surface area contributed by atoms with Gasteiger partial charge in [-0.1, -0.05) is 30.7 Å². The van der Waals surface area contributed by atoms with Gasteiger partial charge in [0.2, 0.25) is 0 Å². The zero-order valence-corrected chi connectivity index (χ0v) is 16.2. The van der Waals surface area contributed by atoms with Gasteiger partial charge >= 0.3 is 0 Å². The van der Waals surface area contributed by atoms with Crippen molar-refractivity contribution in [3.8, 4) is 6.07 Å². The predicted octanol–water partition coefficient (Wildman–Crippen LogP) is 4.75. The molecule has 1 fully saturated rings. The van der Waals surface area contributed by atoms with E-state index in [0.29, 0.717) is 29.4 Å². The highest BCUT2D eigenvalue weighted by molar-refractivity contribution is 5.95. The Hall–Kier alpha value is -2.64. The number of benzene rings is 2. The quantitative estimate of drug-likeness (QED) is 0.755. The fourth-order valence-corrected chi connectivity index (χ4v) is 3.69. The fourth-order valence-electron chi connectivity index (χ4n) is 3.69. The number of nitriles is 1. The van der Waals surface area contributed by atoms with Gasteiger partial charge in [-0.25, -0.2) is 0 Å². The second-order valence-corrected chi connectivity index (χ2v) is 7.37. The molecule has 1 saturated heterocycles. The number of carbonyl (C=O) groups is 1. The highest BCUT2D eigenvalue weighted by Gasteiger charge is 2.19. The van der Waals surface area contributed by atoms with Crippen LogP contribution in [0.4, 0.5) is 5.69 Å². The number of likely N-dealkylation sites (tertiary alicyclic amines) is 1. The van der Waals surface area contributed by atoms with Crippen molar-refractivity contribution in [1.29, 1.82) is 5.26 Å². The number of nitrogens with zero attached hydrogens (tertiary/aromatic N) is 2. The highest BCUT2D eigenvalue weighted by Crippen LogP contribution is 2.23. The third-order valence-electron chi connectivity index (χ3n) is 5.45. The summed E-state index contributed by atoms with van der Waals surface area (Å²) in [4.78, 5) is 14.2. The summed E-state index contributed by atoms with van der Waals surface area (Å²) in [5.74, 6) is 0.00188. The molecule has 0 amide bonds. The predicted molar refractivity (Wildman–Crippen MR) is 109 cm³/mol. The van der Waals surface area contributed by atoms with Crippen LogP contribution in [0.25, 0.3) is 0 Å². The van der Waals surface area contributed by atoms with Gasteiger partial charge in [-0.05, 0) is 62.6 Å². The molecule has 4 heteroatoms. The standard InChI is InChI=1S/C23H27N3O/c1-17-7-5-6-12-26(17)16-22-9-4-3-8-21(22)15-25-23-13-19(18(2)27)10-11-20(23)14-24/h3-4,8-11,13,17,25H,5-7,12,15-16H2,1-2H3. The molecular formula is C23H27N3O. The van der Waals surface area contributed by atoms with E-state index in [1.54, 1.807) is 25.1 Å². The van der Waals surface area contributed by atoms with Crippen molar-refractivity contribution in [3.63, 3.8) is 0 Å². The van der Waals surface area contributed by atoms with Crippen molar-refractivity contribution in [2.75, 3.05) is 11.9 Å². The average molecular weight is 361 g/mol. The van der Waals surface area contributed by atoms with Gasteiger partial charge in [0.25, 0.3) is 0 Å². The molecule has 0 radical (unpaired) electrons. The second kappa shape index (κ2) is 8.83. The minimum Gasteiger partial charge on any atom is -0.380 e. The van der Waals surface area contributed by atoms with Crippen LogP contribution in [0.15, 0.2) is 42.5 Å². The largest absolute Gasteiger partial charge is 0.380 e. The van der Waals surface area contributed by atoms with Crippen molar-refractivity contribution >= 4 is 11.5 Å². The van der Waals surface area contributed by atoms with E-state index in [1.165, 1.54) is 30.4 Å². The molecule has 2 aromatic carbocycles. The van der Waals surface area contributed by atoms with E-state index >= 15 is 0 Å². The van der Waals surface area contributed by atoms with Gasteiger partial charge in [0, 0.05) is 24.7 Å². The summed E-state index contributed by atoms with van der Waals surface area (Å²) in [5.41, 5.74) is 4.44. The third kappa shape index (κ3) is 4.75. The van der Waals surface area contributed by atoms with E-state index in [0.717, 1.165) is 13.1 Å². The van der Waals surface area contributed by atoms with Crippen LogP contribution in [0.5, 0.6) is 0 Å². The number of hydrogen-bond acceptors (Lipinski definition) is 4. The molecule has 1 N–H and O–H groups in total. The van der Waals surface area contributed by atoms with Gasteiger partial charge in [0.15, 0.2) is 5.78 Å². The van der Waals surface area contributed by atoms with Crippen LogP contribution in [0, 0.1) is 11.3 Å². The van der Waals surface area contributed by atoms with E-state index < -0.39 is 0 Å². The maximum Gasteiger partial charge on any atom is 0.159 e. The molecule has 2 aromatic rings. The first-order valence-electron chi connectivity index (χ1n) is 9.68. The van der Waals surface area contributed by atoms with Crippen molar-refractivity contribution in [3.05, 3.63) is 64.7 Å². The van der Waals surface area contributed by atoms with E-state index in [4.69, 9.17) is 0 Å². The van der Waals surface area contributed by atoms with E-state index in [9.17, 15) is 10.1 Å². The SMILES string of the molecule is CC(=O)c1ccc(C#N)c(NCc2ccccc2CN2CCCCC2C)c1. The summed E-state index contributed by atoms with van der Waals surface area (Å²) in [6.07, 6.45) is 3.86. The molecular weight excluding hydrogens is 334 g/mol. The Labute approximate surface area is 161 Å². The number of nitrogens with one attached hydrogen (secondary N) is 1. The van der Waals surface area contributed by atoms with E-state index in [1.807, 2.05) is 0 Å². The third-order valence-corrected chi connectivity index (χ3v) is 5.45. The number of carbonyl (C=O) groups excluding carboxylic acids is 1. The molecule has 0 saturated carbocycles. The Kier molecular flexibility index (Phi) is 6.26. The van der Waals surface area contributed by atoms with E-state index in [-0.39, 0.29) is 5.78 Å².